The molecule has 1 N–H and O–H groups in total. The number of aromatic nitrogens is 1. The van der Waals surface area contributed by atoms with E-state index in [-0.39, 0.29) is 0 Å². The fraction of sp³-hybridized carbons (Fsp3) is 0.357. The fourth-order valence-electron chi connectivity index (χ4n) is 2.67. The number of nitrogens with zero attached hydrogens (tertiary/aromatic N) is 1. The van der Waals surface area contributed by atoms with Gasteiger partial charge in [-0.15, -0.1) is 0 Å². The van der Waals surface area contributed by atoms with Gasteiger partial charge in [0.1, 0.15) is 0 Å². The minimum Gasteiger partial charge on any atom is -0.481 e. The van der Waals surface area contributed by atoms with Crippen LogP contribution in [-0.4, -0.2) is 15.6 Å². The van der Waals surface area contributed by atoms with Gasteiger partial charge >= 0.3 is 5.97 Å². The van der Waals surface area contributed by atoms with Crippen LogP contribution < -0.4 is 0 Å². The first-order chi connectivity index (χ1) is 8.10. The Balaban J connectivity index is 2.15. The van der Waals surface area contributed by atoms with Crippen LogP contribution in [0.4, 0.5) is 0 Å². The highest BCUT2D eigenvalue weighted by molar-refractivity contribution is 5.82. The fourth-order valence-corrected chi connectivity index (χ4v) is 2.67. The molecule has 2 aromatic rings. The van der Waals surface area contributed by atoms with Crippen molar-refractivity contribution < 1.29 is 9.90 Å². The highest BCUT2D eigenvalue weighted by atomic mass is 16.4. The molecule has 3 heteroatoms. The Labute approximate surface area is 99.7 Å². The van der Waals surface area contributed by atoms with Crippen LogP contribution in [0.15, 0.2) is 30.3 Å². The second-order valence-electron chi connectivity index (χ2n) is 5.15. The largest absolute Gasteiger partial charge is 0.481 e. The first-order valence-electron chi connectivity index (χ1n) is 5.91. The Morgan fingerprint density at radius 3 is 2.94 bits per heavy atom. The number of carbonyl (C=O) groups is 1. The van der Waals surface area contributed by atoms with Crippen molar-refractivity contribution in [2.75, 3.05) is 0 Å². The second kappa shape index (κ2) is 3.36. The molecule has 0 amide bonds. The second-order valence-corrected chi connectivity index (χ2v) is 5.15. The first kappa shape index (κ1) is 10.4. The zero-order chi connectivity index (χ0) is 12.0. The summed E-state index contributed by atoms with van der Waals surface area (Å²) in [7, 11) is 0. The number of para-hydroxylation sites is 1. The van der Waals surface area contributed by atoms with Gasteiger partial charge < -0.3 is 9.67 Å². The lowest BCUT2D eigenvalue weighted by Crippen LogP contribution is -2.36. The van der Waals surface area contributed by atoms with Crippen LogP contribution in [0, 0.1) is 5.41 Å². The number of carboxylic acid groups (broad SMARTS) is 1. The van der Waals surface area contributed by atoms with Crippen LogP contribution in [-0.2, 0) is 17.8 Å². The number of rotatable bonds is 1. The lowest BCUT2D eigenvalue weighted by molar-refractivity contribution is -0.149. The van der Waals surface area contributed by atoms with Gasteiger partial charge in [-0.25, -0.2) is 0 Å². The van der Waals surface area contributed by atoms with Crippen molar-refractivity contribution in [2.45, 2.75) is 26.3 Å². The summed E-state index contributed by atoms with van der Waals surface area (Å²) in [6, 6.07) is 10.3. The van der Waals surface area contributed by atoms with Crippen molar-refractivity contribution in [1.29, 1.82) is 0 Å². The van der Waals surface area contributed by atoms with Gasteiger partial charge in [-0.3, -0.25) is 4.79 Å². The van der Waals surface area contributed by atoms with E-state index in [1.54, 1.807) is 0 Å². The van der Waals surface area contributed by atoms with Crippen molar-refractivity contribution in [3.8, 4) is 0 Å². The van der Waals surface area contributed by atoms with Gasteiger partial charge in [0.15, 0.2) is 0 Å². The molecule has 3 nitrogen and oxygen atoms in total. The van der Waals surface area contributed by atoms with Crippen LogP contribution in [0.5, 0.6) is 0 Å². The van der Waals surface area contributed by atoms with E-state index in [9.17, 15) is 9.90 Å². The normalized spacial score (nSPS) is 23.6. The number of hydrogen-bond donors (Lipinski definition) is 1. The van der Waals surface area contributed by atoms with Gasteiger partial charge in [0.05, 0.1) is 5.41 Å². The van der Waals surface area contributed by atoms with Crippen molar-refractivity contribution in [1.82, 2.24) is 4.57 Å². The minimum atomic E-state index is -0.694. The molecular formula is C14H15NO2. The molecule has 0 saturated carbocycles. The third kappa shape index (κ3) is 1.46. The van der Waals surface area contributed by atoms with E-state index in [4.69, 9.17) is 0 Å². The van der Waals surface area contributed by atoms with Crippen LogP contribution in [0.2, 0.25) is 0 Å². The van der Waals surface area contributed by atoms with Crippen LogP contribution in [0.3, 0.4) is 0 Å². The molecule has 0 fully saturated rings. The summed E-state index contributed by atoms with van der Waals surface area (Å²) in [6.07, 6.45) is 1.57. The molecule has 0 radical (unpaired) electrons. The molecule has 1 unspecified atom stereocenters. The lowest BCUT2D eigenvalue weighted by Gasteiger charge is -2.31. The van der Waals surface area contributed by atoms with E-state index in [1.807, 2.05) is 19.1 Å². The molecular weight excluding hydrogens is 214 g/mol. The van der Waals surface area contributed by atoms with Gasteiger partial charge in [-0.05, 0) is 37.3 Å². The first-order valence-corrected chi connectivity index (χ1v) is 5.91. The molecule has 2 heterocycles. The summed E-state index contributed by atoms with van der Waals surface area (Å²) in [5.41, 5.74) is 1.77. The molecule has 0 spiro atoms. The number of aryl methyl sites for hydroxylation is 1. The molecule has 3 rings (SSSR count). The molecule has 1 atom stereocenters. The Morgan fingerprint density at radius 2 is 2.18 bits per heavy atom. The van der Waals surface area contributed by atoms with Gasteiger partial charge in [0.25, 0.3) is 0 Å². The molecule has 1 aliphatic heterocycles. The molecule has 0 bridgehead atoms. The standard InChI is InChI=1S/C14H15NO2/c1-14(13(16)17)7-6-11-8-10-4-2-3-5-12(10)15(11)9-14/h2-5,8H,6-7,9H2,1H3,(H,16,17). The predicted molar refractivity (Wildman–Crippen MR) is 66.0 cm³/mol. The maximum absolute atomic E-state index is 11.3. The average molecular weight is 229 g/mol. The Hall–Kier alpha value is -1.77. The summed E-state index contributed by atoms with van der Waals surface area (Å²) < 4.78 is 2.16. The van der Waals surface area contributed by atoms with Crippen LogP contribution >= 0.6 is 0 Å². The maximum atomic E-state index is 11.3. The topological polar surface area (TPSA) is 42.2 Å². The quantitative estimate of drug-likeness (QED) is 0.816. The van der Waals surface area contributed by atoms with E-state index in [0.29, 0.717) is 6.54 Å². The van der Waals surface area contributed by atoms with Crippen molar-refractivity contribution in [3.63, 3.8) is 0 Å². The predicted octanol–water partition coefficient (Wildman–Crippen LogP) is 2.68. The summed E-state index contributed by atoms with van der Waals surface area (Å²) in [5.74, 6) is -0.694. The lowest BCUT2D eigenvalue weighted by atomic mass is 9.82. The zero-order valence-corrected chi connectivity index (χ0v) is 9.81. The number of benzene rings is 1. The Kier molecular flexibility index (Phi) is 2.05. The summed E-state index contributed by atoms with van der Waals surface area (Å²) in [4.78, 5) is 11.3. The highest BCUT2D eigenvalue weighted by Gasteiger charge is 2.37. The molecule has 0 saturated heterocycles. The van der Waals surface area contributed by atoms with Crippen molar-refractivity contribution in [3.05, 3.63) is 36.0 Å². The van der Waals surface area contributed by atoms with Gasteiger partial charge in [-0.1, -0.05) is 18.2 Å². The number of aliphatic carboxylic acids is 1. The average Bonchev–Trinajstić information content (AvgIpc) is 2.67. The number of carboxylic acids is 1. The zero-order valence-electron chi connectivity index (χ0n) is 9.81. The Morgan fingerprint density at radius 1 is 1.41 bits per heavy atom. The number of fused-ring (bicyclic) bond motifs is 3. The molecule has 1 aromatic carbocycles. The number of hydrogen-bond acceptors (Lipinski definition) is 1. The van der Waals surface area contributed by atoms with Gasteiger partial charge in [0, 0.05) is 17.8 Å². The van der Waals surface area contributed by atoms with Crippen LogP contribution in [0.25, 0.3) is 10.9 Å². The third-order valence-electron chi connectivity index (χ3n) is 3.85. The summed E-state index contributed by atoms with van der Waals surface area (Å²) in [5, 5.41) is 10.5. The van der Waals surface area contributed by atoms with Crippen molar-refractivity contribution in [2.24, 2.45) is 5.41 Å². The SMILES string of the molecule is CC1(C(=O)O)CCc2cc3ccccc3n2C1. The van der Waals surface area contributed by atoms with E-state index < -0.39 is 11.4 Å². The van der Waals surface area contributed by atoms with Crippen LogP contribution in [0.1, 0.15) is 19.0 Å². The van der Waals surface area contributed by atoms with Gasteiger partial charge in [0.2, 0.25) is 0 Å². The minimum absolute atomic E-state index is 0.575. The monoisotopic (exact) mass is 229 g/mol. The third-order valence-corrected chi connectivity index (χ3v) is 3.85. The van der Waals surface area contributed by atoms with Crippen molar-refractivity contribution >= 4 is 16.9 Å². The molecule has 1 aliphatic rings. The smallest absolute Gasteiger partial charge is 0.311 e. The Bertz CT molecular complexity index is 599. The summed E-state index contributed by atoms with van der Waals surface area (Å²) >= 11 is 0. The molecule has 1 aromatic heterocycles. The van der Waals surface area contributed by atoms with E-state index in [0.717, 1.165) is 18.4 Å². The van der Waals surface area contributed by atoms with E-state index in [1.165, 1.54) is 11.1 Å². The maximum Gasteiger partial charge on any atom is 0.311 e. The van der Waals surface area contributed by atoms with Gasteiger partial charge in [-0.2, -0.15) is 0 Å². The highest BCUT2D eigenvalue weighted by Crippen LogP contribution is 2.35. The summed E-state index contributed by atoms with van der Waals surface area (Å²) in [6.45, 7) is 2.41. The van der Waals surface area contributed by atoms with E-state index in [2.05, 4.69) is 22.8 Å². The molecule has 88 valence electrons. The van der Waals surface area contributed by atoms with E-state index >= 15 is 0 Å². The molecule has 0 aliphatic carbocycles. The molecule has 17 heavy (non-hydrogen) atoms.